The summed E-state index contributed by atoms with van der Waals surface area (Å²) in [7, 11) is 0. The SMILES string of the molecule is C1CN(CC2CCN(Cc3nnc(C4CC4)o3)CC2)CCO1. The fraction of sp³-hybridized carbons (Fsp3) is 0.875. The highest BCUT2D eigenvalue weighted by molar-refractivity contribution is 5.00. The predicted molar refractivity (Wildman–Crippen MR) is 81.5 cm³/mol. The van der Waals surface area contributed by atoms with E-state index in [-0.39, 0.29) is 0 Å². The number of likely N-dealkylation sites (tertiary alicyclic amines) is 1. The second-order valence-electron chi connectivity index (χ2n) is 6.94. The molecular weight excluding hydrogens is 280 g/mol. The Kier molecular flexibility index (Phi) is 4.41. The Morgan fingerprint density at radius 2 is 1.68 bits per heavy atom. The molecule has 0 unspecified atom stereocenters. The van der Waals surface area contributed by atoms with Crippen molar-refractivity contribution in [2.75, 3.05) is 45.9 Å². The standard InChI is InChI=1S/C16H26N4O2/c1-2-14(1)16-18-17-15(22-16)12-19-5-3-13(4-6-19)11-20-7-9-21-10-8-20/h13-14H,1-12H2. The second kappa shape index (κ2) is 6.64. The van der Waals surface area contributed by atoms with Crippen LogP contribution in [0, 0.1) is 5.92 Å². The van der Waals surface area contributed by atoms with Crippen molar-refractivity contribution in [2.45, 2.75) is 38.1 Å². The first-order valence-corrected chi connectivity index (χ1v) is 8.71. The number of aromatic nitrogens is 2. The zero-order valence-electron chi connectivity index (χ0n) is 13.2. The zero-order chi connectivity index (χ0) is 14.8. The van der Waals surface area contributed by atoms with Gasteiger partial charge in [0.05, 0.1) is 19.8 Å². The summed E-state index contributed by atoms with van der Waals surface area (Å²) >= 11 is 0. The van der Waals surface area contributed by atoms with E-state index < -0.39 is 0 Å². The fourth-order valence-electron chi connectivity index (χ4n) is 3.49. The average Bonchev–Trinajstić information content (AvgIpc) is 3.30. The summed E-state index contributed by atoms with van der Waals surface area (Å²) in [6.45, 7) is 8.37. The molecule has 1 aromatic heterocycles. The van der Waals surface area contributed by atoms with E-state index in [0.29, 0.717) is 5.92 Å². The Balaban J connectivity index is 1.21. The van der Waals surface area contributed by atoms with Gasteiger partial charge in [0, 0.05) is 25.6 Å². The van der Waals surface area contributed by atoms with Gasteiger partial charge < -0.3 is 9.15 Å². The van der Waals surface area contributed by atoms with E-state index in [1.54, 1.807) is 0 Å². The maximum absolute atomic E-state index is 5.77. The van der Waals surface area contributed by atoms with Gasteiger partial charge in [-0.15, -0.1) is 10.2 Å². The molecule has 0 spiro atoms. The van der Waals surface area contributed by atoms with Gasteiger partial charge >= 0.3 is 0 Å². The van der Waals surface area contributed by atoms with Gasteiger partial charge in [0.25, 0.3) is 0 Å². The smallest absolute Gasteiger partial charge is 0.230 e. The van der Waals surface area contributed by atoms with Crippen LogP contribution in [0.4, 0.5) is 0 Å². The van der Waals surface area contributed by atoms with Crippen molar-refractivity contribution in [3.05, 3.63) is 11.8 Å². The molecule has 3 heterocycles. The van der Waals surface area contributed by atoms with Gasteiger partial charge in [0.1, 0.15) is 0 Å². The van der Waals surface area contributed by atoms with Crippen molar-refractivity contribution < 1.29 is 9.15 Å². The zero-order valence-corrected chi connectivity index (χ0v) is 13.2. The highest BCUT2D eigenvalue weighted by Gasteiger charge is 2.30. The monoisotopic (exact) mass is 306 g/mol. The molecule has 0 aromatic carbocycles. The van der Waals surface area contributed by atoms with Crippen LogP contribution in [0.5, 0.6) is 0 Å². The quantitative estimate of drug-likeness (QED) is 0.821. The minimum absolute atomic E-state index is 0.556. The van der Waals surface area contributed by atoms with Crippen LogP contribution in [0.25, 0.3) is 0 Å². The Morgan fingerprint density at radius 3 is 2.41 bits per heavy atom. The molecule has 0 radical (unpaired) electrons. The summed E-state index contributed by atoms with van der Waals surface area (Å²) in [6, 6.07) is 0. The summed E-state index contributed by atoms with van der Waals surface area (Å²) in [5, 5.41) is 8.38. The largest absolute Gasteiger partial charge is 0.424 e. The third-order valence-electron chi connectivity index (χ3n) is 5.10. The van der Waals surface area contributed by atoms with E-state index in [1.807, 2.05) is 0 Å². The Morgan fingerprint density at radius 1 is 0.909 bits per heavy atom. The molecule has 1 aromatic rings. The van der Waals surface area contributed by atoms with Crippen LogP contribution in [0.3, 0.4) is 0 Å². The lowest BCUT2D eigenvalue weighted by atomic mass is 9.96. The molecule has 2 aliphatic heterocycles. The fourth-order valence-corrected chi connectivity index (χ4v) is 3.49. The van der Waals surface area contributed by atoms with Gasteiger partial charge in [-0.05, 0) is 44.7 Å². The molecule has 4 rings (SSSR count). The molecule has 0 bridgehead atoms. The predicted octanol–water partition coefficient (Wildman–Crippen LogP) is 1.49. The van der Waals surface area contributed by atoms with Crippen LogP contribution < -0.4 is 0 Å². The summed E-state index contributed by atoms with van der Waals surface area (Å²) < 4.78 is 11.2. The molecule has 1 aliphatic carbocycles. The lowest BCUT2D eigenvalue weighted by molar-refractivity contribution is 0.0238. The van der Waals surface area contributed by atoms with Crippen molar-refractivity contribution >= 4 is 0 Å². The lowest BCUT2D eigenvalue weighted by Crippen LogP contribution is -2.42. The van der Waals surface area contributed by atoms with Crippen molar-refractivity contribution in [2.24, 2.45) is 5.92 Å². The van der Waals surface area contributed by atoms with Crippen LogP contribution >= 0.6 is 0 Å². The molecule has 3 fully saturated rings. The van der Waals surface area contributed by atoms with Crippen LogP contribution in [-0.4, -0.2) is 65.9 Å². The number of nitrogens with zero attached hydrogens (tertiary/aromatic N) is 4. The number of hydrogen-bond donors (Lipinski definition) is 0. The van der Waals surface area contributed by atoms with Gasteiger partial charge in [-0.1, -0.05) is 0 Å². The second-order valence-corrected chi connectivity index (χ2v) is 6.94. The Bertz CT molecular complexity index is 474. The molecule has 0 atom stereocenters. The maximum atomic E-state index is 5.77. The highest BCUT2D eigenvalue weighted by Crippen LogP contribution is 2.39. The molecular formula is C16H26N4O2. The Labute approximate surface area is 131 Å². The highest BCUT2D eigenvalue weighted by atomic mass is 16.5. The summed E-state index contributed by atoms with van der Waals surface area (Å²) in [5.41, 5.74) is 0. The summed E-state index contributed by atoms with van der Waals surface area (Å²) in [4.78, 5) is 5.02. The topological polar surface area (TPSA) is 54.6 Å². The molecule has 22 heavy (non-hydrogen) atoms. The molecule has 1 saturated carbocycles. The molecule has 6 heteroatoms. The van der Waals surface area contributed by atoms with Gasteiger partial charge in [-0.25, -0.2) is 0 Å². The van der Waals surface area contributed by atoms with E-state index in [1.165, 1.54) is 32.2 Å². The normalized spacial score (nSPS) is 25.6. The lowest BCUT2D eigenvalue weighted by Gasteiger charge is -2.35. The van der Waals surface area contributed by atoms with Crippen molar-refractivity contribution in [1.82, 2.24) is 20.0 Å². The van der Waals surface area contributed by atoms with E-state index in [9.17, 15) is 0 Å². The minimum atomic E-state index is 0.556. The first-order valence-electron chi connectivity index (χ1n) is 8.71. The Hall–Kier alpha value is -0.980. The van der Waals surface area contributed by atoms with Crippen LogP contribution in [0.15, 0.2) is 4.42 Å². The number of rotatable bonds is 5. The number of ether oxygens (including phenoxy) is 1. The first-order chi connectivity index (χ1) is 10.9. The molecule has 6 nitrogen and oxygen atoms in total. The molecule has 2 saturated heterocycles. The van der Waals surface area contributed by atoms with E-state index in [4.69, 9.17) is 9.15 Å². The number of piperidine rings is 1. The van der Waals surface area contributed by atoms with Gasteiger partial charge in [0.2, 0.25) is 11.8 Å². The number of hydrogen-bond acceptors (Lipinski definition) is 6. The molecule has 0 N–H and O–H groups in total. The van der Waals surface area contributed by atoms with Gasteiger partial charge in [0.15, 0.2) is 0 Å². The van der Waals surface area contributed by atoms with Crippen molar-refractivity contribution in [3.63, 3.8) is 0 Å². The third kappa shape index (κ3) is 3.67. The first kappa shape index (κ1) is 14.6. The minimum Gasteiger partial charge on any atom is -0.424 e. The third-order valence-corrected chi connectivity index (χ3v) is 5.10. The molecule has 122 valence electrons. The van der Waals surface area contributed by atoms with Crippen molar-refractivity contribution in [1.29, 1.82) is 0 Å². The van der Waals surface area contributed by atoms with Crippen LogP contribution in [0.2, 0.25) is 0 Å². The molecule has 3 aliphatic rings. The van der Waals surface area contributed by atoms with Gasteiger partial charge in [-0.3, -0.25) is 9.80 Å². The van der Waals surface area contributed by atoms with Crippen LogP contribution in [0.1, 0.15) is 43.4 Å². The average molecular weight is 306 g/mol. The van der Waals surface area contributed by atoms with E-state index in [2.05, 4.69) is 20.0 Å². The van der Waals surface area contributed by atoms with Crippen LogP contribution in [-0.2, 0) is 11.3 Å². The maximum Gasteiger partial charge on any atom is 0.230 e. The number of morpholine rings is 1. The summed E-state index contributed by atoms with van der Waals surface area (Å²) in [6.07, 6.45) is 4.99. The molecule has 0 amide bonds. The van der Waals surface area contributed by atoms with Gasteiger partial charge in [-0.2, -0.15) is 0 Å². The summed E-state index contributed by atoms with van der Waals surface area (Å²) in [5.74, 6) is 3.05. The van der Waals surface area contributed by atoms with E-state index in [0.717, 1.165) is 63.6 Å². The van der Waals surface area contributed by atoms with Crippen molar-refractivity contribution in [3.8, 4) is 0 Å². The van der Waals surface area contributed by atoms with E-state index >= 15 is 0 Å².